The number of carbonyl (C=O) groups is 1. The predicted molar refractivity (Wildman–Crippen MR) is 74.9 cm³/mol. The van der Waals surface area contributed by atoms with Crippen LogP contribution in [0, 0.1) is 0 Å². The van der Waals surface area contributed by atoms with E-state index in [4.69, 9.17) is 0 Å². The summed E-state index contributed by atoms with van der Waals surface area (Å²) in [6.07, 6.45) is 1.94. The average Bonchev–Trinajstić information content (AvgIpc) is 2.32. The minimum Gasteiger partial charge on any atom is -0.325 e. The highest BCUT2D eigenvalue weighted by Gasteiger charge is 2.12. The minimum absolute atomic E-state index is 0.0461. The molecule has 0 spiro atoms. The van der Waals surface area contributed by atoms with Crippen molar-refractivity contribution >= 4 is 24.3 Å². The number of hydrogen-bond acceptors (Lipinski definition) is 2. The van der Waals surface area contributed by atoms with Crippen molar-refractivity contribution in [2.75, 3.05) is 18.4 Å². The monoisotopic (exact) mass is 252 g/mol. The van der Waals surface area contributed by atoms with Crippen LogP contribution in [0.5, 0.6) is 0 Å². The Labute approximate surface area is 109 Å². The van der Waals surface area contributed by atoms with Crippen molar-refractivity contribution in [3.8, 4) is 0 Å². The zero-order valence-corrected chi connectivity index (χ0v) is 11.3. The average molecular weight is 252 g/mol. The van der Waals surface area contributed by atoms with E-state index in [0.717, 1.165) is 36.5 Å². The van der Waals surface area contributed by atoms with Gasteiger partial charge in [0.1, 0.15) is 0 Å². The van der Waals surface area contributed by atoms with E-state index in [1.54, 1.807) is 0 Å². The van der Waals surface area contributed by atoms with Crippen LogP contribution < -0.4 is 5.32 Å². The van der Waals surface area contributed by atoms with Crippen molar-refractivity contribution in [1.82, 2.24) is 4.90 Å². The number of nitrogens with zero attached hydrogens (tertiary/aromatic N) is 1. The molecule has 2 amide bonds. The Bertz CT molecular complexity index is 362. The van der Waals surface area contributed by atoms with Crippen LogP contribution in [0.15, 0.2) is 29.2 Å². The third-order valence-corrected chi connectivity index (χ3v) is 2.81. The molecule has 17 heavy (non-hydrogen) atoms. The van der Waals surface area contributed by atoms with Crippen LogP contribution in [0.4, 0.5) is 10.5 Å². The van der Waals surface area contributed by atoms with Gasteiger partial charge >= 0.3 is 6.03 Å². The molecule has 4 heteroatoms. The Morgan fingerprint density at radius 2 is 1.82 bits per heavy atom. The van der Waals surface area contributed by atoms with E-state index < -0.39 is 0 Å². The fraction of sp³-hybridized carbons (Fsp3) is 0.462. The molecule has 0 aliphatic rings. The van der Waals surface area contributed by atoms with Crippen molar-refractivity contribution in [3.63, 3.8) is 0 Å². The van der Waals surface area contributed by atoms with Gasteiger partial charge in [0.05, 0.1) is 5.69 Å². The molecule has 0 aromatic heterocycles. The molecule has 1 rings (SSSR count). The number of carbonyl (C=O) groups excluding carboxylic acids is 1. The summed E-state index contributed by atoms with van der Waals surface area (Å²) in [7, 11) is 0. The van der Waals surface area contributed by atoms with Crippen molar-refractivity contribution in [1.29, 1.82) is 0 Å². The van der Waals surface area contributed by atoms with Gasteiger partial charge in [-0.05, 0) is 25.0 Å². The number of rotatable bonds is 5. The number of urea groups is 1. The van der Waals surface area contributed by atoms with Crippen molar-refractivity contribution < 1.29 is 4.79 Å². The molecule has 0 bridgehead atoms. The minimum atomic E-state index is -0.0461. The van der Waals surface area contributed by atoms with Gasteiger partial charge < -0.3 is 10.2 Å². The summed E-state index contributed by atoms with van der Waals surface area (Å²) in [4.78, 5) is 14.6. The third kappa shape index (κ3) is 4.30. The summed E-state index contributed by atoms with van der Waals surface area (Å²) >= 11 is 4.31. The van der Waals surface area contributed by atoms with E-state index in [2.05, 4.69) is 31.8 Å². The highest BCUT2D eigenvalue weighted by Crippen LogP contribution is 2.19. The summed E-state index contributed by atoms with van der Waals surface area (Å²) in [5.74, 6) is 0. The van der Waals surface area contributed by atoms with E-state index in [1.165, 1.54) is 0 Å². The van der Waals surface area contributed by atoms with Crippen molar-refractivity contribution in [2.24, 2.45) is 0 Å². The Balaban J connectivity index is 2.66. The van der Waals surface area contributed by atoms with E-state index in [0.29, 0.717) is 0 Å². The fourth-order valence-corrected chi connectivity index (χ4v) is 1.84. The van der Waals surface area contributed by atoms with Crippen molar-refractivity contribution in [3.05, 3.63) is 24.3 Å². The lowest BCUT2D eigenvalue weighted by Crippen LogP contribution is -2.36. The predicted octanol–water partition coefficient (Wildman–Crippen LogP) is 3.63. The van der Waals surface area contributed by atoms with Gasteiger partial charge in [0, 0.05) is 18.0 Å². The van der Waals surface area contributed by atoms with Gasteiger partial charge in [-0.3, -0.25) is 0 Å². The van der Waals surface area contributed by atoms with Gasteiger partial charge in [0.2, 0.25) is 0 Å². The molecule has 0 aliphatic heterocycles. The lowest BCUT2D eigenvalue weighted by molar-refractivity contribution is 0.211. The first kappa shape index (κ1) is 13.9. The van der Waals surface area contributed by atoms with Crippen LogP contribution in [0.25, 0.3) is 0 Å². The van der Waals surface area contributed by atoms with Crippen LogP contribution in [-0.4, -0.2) is 24.0 Å². The molecule has 1 aromatic rings. The third-order valence-electron chi connectivity index (χ3n) is 2.42. The highest BCUT2D eigenvalue weighted by molar-refractivity contribution is 7.80. The summed E-state index contributed by atoms with van der Waals surface area (Å²) < 4.78 is 0. The second-order valence-corrected chi connectivity index (χ2v) is 4.42. The molecule has 0 saturated heterocycles. The molecule has 0 atom stereocenters. The lowest BCUT2D eigenvalue weighted by Gasteiger charge is -2.22. The lowest BCUT2D eigenvalue weighted by atomic mass is 10.3. The first-order chi connectivity index (χ1) is 8.19. The Morgan fingerprint density at radius 3 is 2.35 bits per heavy atom. The number of para-hydroxylation sites is 1. The smallest absolute Gasteiger partial charge is 0.321 e. The topological polar surface area (TPSA) is 32.3 Å². The molecular weight excluding hydrogens is 232 g/mol. The number of nitrogens with one attached hydrogen (secondary N) is 1. The number of thiol groups is 1. The zero-order chi connectivity index (χ0) is 12.7. The molecule has 0 aliphatic carbocycles. The second kappa shape index (κ2) is 7.22. The van der Waals surface area contributed by atoms with Crippen LogP contribution >= 0.6 is 12.6 Å². The Kier molecular flexibility index (Phi) is 5.91. The Morgan fingerprint density at radius 1 is 1.24 bits per heavy atom. The molecule has 1 N–H and O–H groups in total. The molecule has 0 fully saturated rings. The molecule has 0 unspecified atom stereocenters. The standard InChI is InChI=1S/C13H20N2OS/c1-3-9-15(10-4-2)13(16)14-11-7-5-6-8-12(11)17/h5-8,17H,3-4,9-10H2,1-2H3,(H,14,16). The van der Waals surface area contributed by atoms with Gasteiger partial charge in [-0.1, -0.05) is 26.0 Å². The molecule has 0 heterocycles. The van der Waals surface area contributed by atoms with E-state index in [-0.39, 0.29) is 6.03 Å². The van der Waals surface area contributed by atoms with E-state index in [1.807, 2.05) is 29.2 Å². The van der Waals surface area contributed by atoms with Gasteiger partial charge in [-0.15, -0.1) is 12.6 Å². The van der Waals surface area contributed by atoms with Crippen LogP contribution in [0.2, 0.25) is 0 Å². The number of amides is 2. The van der Waals surface area contributed by atoms with E-state index >= 15 is 0 Å². The summed E-state index contributed by atoms with van der Waals surface area (Å²) in [6, 6.07) is 7.46. The Hall–Kier alpha value is -1.16. The number of hydrogen-bond donors (Lipinski definition) is 2. The van der Waals surface area contributed by atoms with Crippen LogP contribution in [0.1, 0.15) is 26.7 Å². The van der Waals surface area contributed by atoms with Gasteiger partial charge in [0.15, 0.2) is 0 Å². The zero-order valence-electron chi connectivity index (χ0n) is 10.4. The fourth-order valence-electron chi connectivity index (χ4n) is 1.63. The van der Waals surface area contributed by atoms with Gasteiger partial charge in [0.25, 0.3) is 0 Å². The quantitative estimate of drug-likeness (QED) is 0.771. The van der Waals surface area contributed by atoms with Crippen molar-refractivity contribution in [2.45, 2.75) is 31.6 Å². The van der Waals surface area contributed by atoms with Gasteiger partial charge in [-0.25, -0.2) is 4.79 Å². The largest absolute Gasteiger partial charge is 0.325 e. The number of anilines is 1. The molecular formula is C13H20N2OS. The maximum atomic E-state index is 12.0. The summed E-state index contributed by atoms with van der Waals surface area (Å²) in [5, 5.41) is 2.89. The highest BCUT2D eigenvalue weighted by atomic mass is 32.1. The number of benzene rings is 1. The maximum absolute atomic E-state index is 12.0. The molecule has 0 radical (unpaired) electrons. The maximum Gasteiger partial charge on any atom is 0.321 e. The van der Waals surface area contributed by atoms with Crippen LogP contribution in [0.3, 0.4) is 0 Å². The normalized spacial score (nSPS) is 10.1. The SMILES string of the molecule is CCCN(CCC)C(=O)Nc1ccccc1S. The summed E-state index contributed by atoms with van der Waals surface area (Å²) in [6.45, 7) is 5.72. The first-order valence-electron chi connectivity index (χ1n) is 6.03. The molecule has 0 saturated carbocycles. The summed E-state index contributed by atoms with van der Waals surface area (Å²) in [5.41, 5.74) is 0.762. The first-order valence-corrected chi connectivity index (χ1v) is 6.47. The molecule has 94 valence electrons. The van der Waals surface area contributed by atoms with E-state index in [9.17, 15) is 4.79 Å². The molecule has 3 nitrogen and oxygen atoms in total. The van der Waals surface area contributed by atoms with Crippen LogP contribution in [-0.2, 0) is 0 Å². The van der Waals surface area contributed by atoms with Gasteiger partial charge in [-0.2, -0.15) is 0 Å². The second-order valence-electron chi connectivity index (χ2n) is 3.93. The molecule has 1 aromatic carbocycles.